The van der Waals surface area contributed by atoms with Crippen molar-refractivity contribution in [2.24, 2.45) is 0 Å². The molecule has 0 aliphatic carbocycles. The second-order valence-electron chi connectivity index (χ2n) is 7.74. The van der Waals surface area contributed by atoms with Crippen LogP contribution in [0.2, 0.25) is 5.02 Å². The van der Waals surface area contributed by atoms with E-state index in [1.54, 1.807) is 6.92 Å². The van der Waals surface area contributed by atoms with E-state index in [2.05, 4.69) is 15.2 Å². The van der Waals surface area contributed by atoms with Crippen LogP contribution < -0.4 is 21.6 Å². The van der Waals surface area contributed by atoms with Gasteiger partial charge in [0.25, 0.3) is 11.1 Å². The number of hydrogen-bond acceptors (Lipinski definition) is 6. The number of ether oxygens (including phenoxy) is 1. The summed E-state index contributed by atoms with van der Waals surface area (Å²) in [5.74, 6) is -1.78. The van der Waals surface area contributed by atoms with Gasteiger partial charge in [0.15, 0.2) is 5.69 Å². The summed E-state index contributed by atoms with van der Waals surface area (Å²) in [6.07, 6.45) is -4.30. The first kappa shape index (κ1) is 24.9. The van der Waals surface area contributed by atoms with Crippen molar-refractivity contribution in [2.45, 2.75) is 19.6 Å². The molecule has 2 heterocycles. The SMILES string of the molecule is Cc1cc(F)ccc1-c1cc(Cn2cnc(C(F)(F)F)c(Oc3cc(N)cc(Cl)c3)c2=O)n[nH]c1=O. The zero-order valence-electron chi connectivity index (χ0n) is 18.4. The van der Waals surface area contributed by atoms with Gasteiger partial charge in [0, 0.05) is 16.8 Å². The van der Waals surface area contributed by atoms with Crippen molar-refractivity contribution < 1.29 is 22.3 Å². The van der Waals surface area contributed by atoms with Gasteiger partial charge in [-0.05, 0) is 48.4 Å². The highest BCUT2D eigenvalue weighted by atomic mass is 35.5. The van der Waals surface area contributed by atoms with Crippen LogP contribution in [0.4, 0.5) is 23.2 Å². The molecule has 0 saturated carbocycles. The molecule has 3 N–H and O–H groups in total. The molecule has 13 heteroatoms. The zero-order valence-corrected chi connectivity index (χ0v) is 19.1. The number of aromatic nitrogens is 4. The molecule has 4 rings (SSSR count). The summed E-state index contributed by atoms with van der Waals surface area (Å²) in [4.78, 5) is 28.7. The molecular weight excluding hydrogens is 506 g/mol. The first-order chi connectivity index (χ1) is 16.9. The number of nitrogen functional groups attached to an aromatic ring is 1. The summed E-state index contributed by atoms with van der Waals surface area (Å²) in [6, 6.07) is 8.92. The topological polar surface area (TPSA) is 116 Å². The lowest BCUT2D eigenvalue weighted by atomic mass is 10.0. The van der Waals surface area contributed by atoms with Gasteiger partial charge in [0.2, 0.25) is 5.75 Å². The molecule has 0 aliphatic heterocycles. The Labute approximate surface area is 204 Å². The Morgan fingerprint density at radius 1 is 1.11 bits per heavy atom. The van der Waals surface area contributed by atoms with Gasteiger partial charge in [0.1, 0.15) is 11.6 Å². The summed E-state index contributed by atoms with van der Waals surface area (Å²) in [6.45, 7) is 1.25. The van der Waals surface area contributed by atoms with Crippen LogP contribution in [0.5, 0.6) is 11.5 Å². The van der Waals surface area contributed by atoms with E-state index >= 15 is 0 Å². The number of halogens is 5. The van der Waals surface area contributed by atoms with E-state index in [1.807, 2.05) is 0 Å². The lowest BCUT2D eigenvalue weighted by molar-refractivity contribution is -0.142. The molecule has 0 atom stereocenters. The molecule has 0 spiro atoms. The van der Waals surface area contributed by atoms with Gasteiger partial charge >= 0.3 is 6.18 Å². The molecule has 8 nitrogen and oxygen atoms in total. The fraction of sp³-hybridized carbons (Fsp3) is 0.130. The molecule has 2 aromatic carbocycles. The molecule has 0 fully saturated rings. The van der Waals surface area contributed by atoms with Gasteiger partial charge in [-0.15, -0.1) is 0 Å². The Morgan fingerprint density at radius 3 is 2.53 bits per heavy atom. The van der Waals surface area contributed by atoms with Crippen LogP contribution in [-0.4, -0.2) is 19.7 Å². The number of benzene rings is 2. The van der Waals surface area contributed by atoms with E-state index in [1.165, 1.54) is 42.5 Å². The number of nitrogens with two attached hydrogens (primary N) is 1. The summed E-state index contributed by atoms with van der Waals surface area (Å²) in [5, 5.41) is 6.22. The van der Waals surface area contributed by atoms with Gasteiger partial charge < -0.3 is 10.5 Å². The second-order valence-corrected chi connectivity index (χ2v) is 8.17. The Bertz CT molecular complexity index is 1560. The lowest BCUT2D eigenvalue weighted by Gasteiger charge is -2.15. The number of nitrogens with zero attached hydrogens (tertiary/aromatic N) is 3. The predicted octanol–water partition coefficient (Wildman–Crippen LogP) is 4.54. The van der Waals surface area contributed by atoms with Crippen molar-refractivity contribution in [3.63, 3.8) is 0 Å². The minimum Gasteiger partial charge on any atom is -0.449 e. The molecule has 2 aromatic heterocycles. The van der Waals surface area contributed by atoms with Crippen LogP contribution >= 0.6 is 11.6 Å². The molecule has 0 unspecified atom stereocenters. The smallest absolute Gasteiger partial charge is 0.437 e. The maximum atomic E-state index is 13.6. The quantitative estimate of drug-likeness (QED) is 0.294. The molecule has 0 saturated heterocycles. The van der Waals surface area contributed by atoms with Gasteiger partial charge in [-0.2, -0.15) is 18.3 Å². The molecule has 0 radical (unpaired) electrons. The molecule has 0 aliphatic rings. The van der Waals surface area contributed by atoms with Crippen LogP contribution in [0.25, 0.3) is 11.1 Å². The van der Waals surface area contributed by atoms with E-state index in [4.69, 9.17) is 22.1 Å². The summed E-state index contributed by atoms with van der Waals surface area (Å²) in [7, 11) is 0. The Kier molecular flexibility index (Phi) is 6.55. The van der Waals surface area contributed by atoms with Crippen molar-refractivity contribution in [1.82, 2.24) is 19.7 Å². The molecule has 36 heavy (non-hydrogen) atoms. The number of anilines is 1. The summed E-state index contributed by atoms with van der Waals surface area (Å²) >= 11 is 5.88. The largest absolute Gasteiger partial charge is 0.449 e. The molecule has 0 amide bonds. The fourth-order valence-corrected chi connectivity index (χ4v) is 3.70. The van der Waals surface area contributed by atoms with Crippen molar-refractivity contribution in [3.05, 3.63) is 97.3 Å². The Morgan fingerprint density at radius 2 is 1.86 bits per heavy atom. The highest BCUT2D eigenvalue weighted by molar-refractivity contribution is 6.31. The van der Waals surface area contributed by atoms with Gasteiger partial charge in [0.05, 0.1) is 24.1 Å². The third kappa shape index (κ3) is 5.23. The first-order valence-electron chi connectivity index (χ1n) is 10.2. The first-order valence-corrected chi connectivity index (χ1v) is 10.6. The molecule has 0 bridgehead atoms. The lowest BCUT2D eigenvalue weighted by Crippen LogP contribution is -2.27. The Hall–Kier alpha value is -4.19. The van der Waals surface area contributed by atoms with Crippen molar-refractivity contribution in [2.75, 3.05) is 5.73 Å². The highest BCUT2D eigenvalue weighted by Crippen LogP contribution is 2.35. The van der Waals surface area contributed by atoms with Gasteiger partial charge in [-0.3, -0.25) is 14.2 Å². The number of aryl methyl sites for hydroxylation is 1. The van der Waals surface area contributed by atoms with E-state index in [0.717, 1.165) is 4.57 Å². The molecule has 186 valence electrons. The van der Waals surface area contributed by atoms with Gasteiger partial charge in [-0.25, -0.2) is 14.5 Å². The third-order valence-electron chi connectivity index (χ3n) is 5.05. The average Bonchev–Trinajstić information content (AvgIpc) is 2.76. The van der Waals surface area contributed by atoms with Crippen molar-refractivity contribution >= 4 is 17.3 Å². The van der Waals surface area contributed by atoms with E-state index in [-0.39, 0.29) is 34.3 Å². The second kappa shape index (κ2) is 9.46. The maximum Gasteiger partial charge on any atom is 0.437 e. The normalized spacial score (nSPS) is 11.5. The van der Waals surface area contributed by atoms with Crippen LogP contribution in [-0.2, 0) is 12.7 Å². The van der Waals surface area contributed by atoms with E-state index in [9.17, 15) is 27.2 Å². The van der Waals surface area contributed by atoms with Crippen LogP contribution in [0, 0.1) is 12.7 Å². The standard InChI is InChI=1S/C23H16ClF4N5O3/c1-11-4-13(25)2-3-17(11)18-8-15(31-32-21(18)34)9-33-10-30-20(23(26,27)28)19(22(33)35)36-16-6-12(24)5-14(29)7-16/h2-8,10H,9,29H2,1H3,(H,32,34). The Balaban J connectivity index is 1.77. The van der Waals surface area contributed by atoms with E-state index in [0.29, 0.717) is 17.5 Å². The molecule has 4 aromatic rings. The summed E-state index contributed by atoms with van der Waals surface area (Å²) in [5.41, 5.74) is 3.63. The monoisotopic (exact) mass is 521 g/mol. The number of hydrogen-bond donors (Lipinski definition) is 2. The number of aromatic amines is 1. The van der Waals surface area contributed by atoms with E-state index < -0.39 is 34.6 Å². The number of nitrogens with one attached hydrogen (secondary N) is 1. The molecular formula is C23H16ClF4N5O3. The minimum atomic E-state index is -5.00. The maximum absolute atomic E-state index is 13.6. The minimum absolute atomic E-state index is 0.0869. The number of alkyl halides is 3. The zero-order chi connectivity index (χ0) is 26.2. The number of rotatable bonds is 5. The number of H-pyrrole nitrogens is 1. The van der Waals surface area contributed by atoms with Crippen LogP contribution in [0.3, 0.4) is 0 Å². The van der Waals surface area contributed by atoms with Crippen LogP contribution in [0.1, 0.15) is 17.0 Å². The fourth-order valence-electron chi connectivity index (χ4n) is 3.47. The highest BCUT2D eigenvalue weighted by Gasteiger charge is 2.38. The van der Waals surface area contributed by atoms with Crippen molar-refractivity contribution in [1.29, 1.82) is 0 Å². The predicted molar refractivity (Wildman–Crippen MR) is 124 cm³/mol. The van der Waals surface area contributed by atoms with Crippen LogP contribution in [0.15, 0.2) is 58.4 Å². The summed E-state index contributed by atoms with van der Waals surface area (Å²) < 4.78 is 60.3. The van der Waals surface area contributed by atoms with Crippen molar-refractivity contribution in [3.8, 4) is 22.6 Å². The third-order valence-corrected chi connectivity index (χ3v) is 5.26. The average molecular weight is 522 g/mol. The van der Waals surface area contributed by atoms with Gasteiger partial charge in [-0.1, -0.05) is 17.7 Å².